The number of aliphatic carboxylic acids is 1. The fourth-order valence-electron chi connectivity index (χ4n) is 4.88. The van der Waals surface area contributed by atoms with Crippen LogP contribution < -0.4 is 10.6 Å². The van der Waals surface area contributed by atoms with E-state index in [9.17, 15) is 19.2 Å². The maximum atomic E-state index is 13.7. The zero-order chi connectivity index (χ0) is 32.3. The van der Waals surface area contributed by atoms with Crippen LogP contribution in [-0.2, 0) is 33.4 Å². The summed E-state index contributed by atoms with van der Waals surface area (Å²) in [5, 5.41) is 14.4. The van der Waals surface area contributed by atoms with Gasteiger partial charge in [-0.25, -0.2) is 9.78 Å². The number of nitrogens with zero attached hydrogens (tertiary/aromatic N) is 2. The third kappa shape index (κ3) is 10.4. The lowest BCUT2D eigenvalue weighted by Gasteiger charge is -2.35. The maximum absolute atomic E-state index is 13.7. The van der Waals surface area contributed by atoms with E-state index in [0.717, 1.165) is 21.7 Å². The van der Waals surface area contributed by atoms with Gasteiger partial charge in [0, 0.05) is 6.54 Å². The summed E-state index contributed by atoms with van der Waals surface area (Å²) in [7, 11) is 0. The van der Waals surface area contributed by atoms with Crippen LogP contribution in [0, 0.1) is 12.3 Å². The fraction of sp³-hybridized carbons (Fsp3) is 0.581. The van der Waals surface area contributed by atoms with Crippen molar-refractivity contribution in [3.8, 4) is 10.4 Å². The van der Waals surface area contributed by atoms with Crippen LogP contribution in [0.4, 0.5) is 0 Å². The number of amides is 3. The normalized spacial score (nSPS) is 16.4. The first-order valence-electron chi connectivity index (χ1n) is 14.7. The average Bonchev–Trinajstić information content (AvgIpc) is 3.63. The standard InChI is InChI=1S/C31H44N4O8S/c1-20(22-8-10-23(11-9-22)27-21(2)32-19-44-27)33-29(39)24-7-6-12-35(24)30(40)28(31(3,4)5)34-25(36)17-42-15-13-41-14-16-43-18-26(37)38/h8-11,19-20,24,28H,6-7,12-18H2,1-5H3,(H,33,39)(H,34,36)(H,37,38)/t20-,24-,28+/m0/s1. The van der Waals surface area contributed by atoms with E-state index in [2.05, 4.69) is 15.6 Å². The van der Waals surface area contributed by atoms with E-state index in [1.165, 1.54) is 0 Å². The van der Waals surface area contributed by atoms with Crippen LogP contribution in [0.1, 0.15) is 57.8 Å². The molecule has 0 radical (unpaired) electrons. The van der Waals surface area contributed by atoms with Gasteiger partial charge < -0.3 is 34.9 Å². The molecule has 1 saturated heterocycles. The van der Waals surface area contributed by atoms with Crippen LogP contribution in [0.2, 0.25) is 0 Å². The first kappa shape index (κ1) is 35.1. The second-order valence-electron chi connectivity index (χ2n) is 11.8. The molecule has 0 unspecified atom stereocenters. The number of aromatic nitrogens is 1. The zero-order valence-corrected chi connectivity index (χ0v) is 26.9. The van der Waals surface area contributed by atoms with E-state index in [4.69, 9.17) is 19.3 Å². The van der Waals surface area contributed by atoms with Crippen LogP contribution in [0.5, 0.6) is 0 Å². The largest absolute Gasteiger partial charge is 0.480 e. The molecule has 3 N–H and O–H groups in total. The highest BCUT2D eigenvalue weighted by Crippen LogP contribution is 2.29. The van der Waals surface area contributed by atoms with Gasteiger partial charge in [-0.05, 0) is 43.2 Å². The lowest BCUT2D eigenvalue weighted by atomic mass is 9.85. The van der Waals surface area contributed by atoms with Crippen LogP contribution in [-0.4, -0.2) is 97.0 Å². The lowest BCUT2D eigenvalue weighted by Crippen LogP contribution is -2.58. The summed E-state index contributed by atoms with van der Waals surface area (Å²) in [5.74, 6) is -2.02. The van der Waals surface area contributed by atoms with Crippen LogP contribution in [0.15, 0.2) is 29.8 Å². The molecule has 2 aromatic rings. The van der Waals surface area contributed by atoms with Crippen LogP contribution in [0.25, 0.3) is 10.4 Å². The first-order chi connectivity index (χ1) is 20.9. The third-order valence-electron chi connectivity index (χ3n) is 7.24. The highest BCUT2D eigenvalue weighted by atomic mass is 32.1. The number of hydrogen-bond donors (Lipinski definition) is 3. The Kier molecular flexibility index (Phi) is 13.3. The third-order valence-corrected chi connectivity index (χ3v) is 8.21. The quantitative estimate of drug-likeness (QED) is 0.237. The SMILES string of the molecule is Cc1ncsc1-c1ccc([C@H](C)NC(=O)[C@@H]2CCCN2C(=O)[C@@H](NC(=O)COCCOCCOCC(=O)O)C(C)(C)C)cc1. The van der Waals surface area contributed by atoms with E-state index >= 15 is 0 Å². The average molecular weight is 633 g/mol. The van der Waals surface area contributed by atoms with Gasteiger partial charge in [0.2, 0.25) is 17.7 Å². The van der Waals surface area contributed by atoms with Crippen molar-refractivity contribution in [2.24, 2.45) is 5.41 Å². The van der Waals surface area contributed by atoms with Crippen LogP contribution >= 0.6 is 11.3 Å². The molecule has 0 saturated carbocycles. The molecule has 3 atom stereocenters. The molecule has 1 aromatic carbocycles. The van der Waals surface area contributed by atoms with E-state index in [0.29, 0.717) is 19.4 Å². The van der Waals surface area contributed by atoms with Gasteiger partial charge in [-0.15, -0.1) is 11.3 Å². The van der Waals surface area contributed by atoms with Gasteiger partial charge >= 0.3 is 5.97 Å². The van der Waals surface area contributed by atoms with Crippen molar-refractivity contribution >= 4 is 35.0 Å². The Morgan fingerprint density at radius 2 is 1.66 bits per heavy atom. The molecule has 1 aromatic heterocycles. The number of benzene rings is 1. The molecule has 1 fully saturated rings. The van der Waals surface area contributed by atoms with Crippen molar-refractivity contribution < 1.29 is 38.5 Å². The summed E-state index contributed by atoms with van der Waals surface area (Å²) in [6.45, 7) is 9.94. The van der Waals surface area contributed by atoms with E-state index in [1.807, 2.05) is 64.4 Å². The van der Waals surface area contributed by atoms with Crippen molar-refractivity contribution in [3.63, 3.8) is 0 Å². The van der Waals surface area contributed by atoms with Crippen molar-refractivity contribution in [2.75, 3.05) is 46.2 Å². The Hall–Kier alpha value is -3.39. The molecule has 0 bridgehead atoms. The lowest BCUT2D eigenvalue weighted by molar-refractivity contribution is -0.144. The molecule has 3 amide bonds. The predicted molar refractivity (Wildman–Crippen MR) is 165 cm³/mol. The predicted octanol–water partition coefficient (Wildman–Crippen LogP) is 2.95. The first-order valence-corrected chi connectivity index (χ1v) is 15.6. The minimum atomic E-state index is -1.05. The summed E-state index contributed by atoms with van der Waals surface area (Å²) in [6, 6.07) is 6.30. The highest BCUT2D eigenvalue weighted by Gasteiger charge is 2.42. The Bertz CT molecular complexity index is 1260. The Balaban J connectivity index is 1.50. The van der Waals surface area contributed by atoms with Gasteiger partial charge in [0.15, 0.2) is 0 Å². The van der Waals surface area contributed by atoms with Crippen molar-refractivity contribution in [1.29, 1.82) is 0 Å². The van der Waals surface area contributed by atoms with E-state index in [1.54, 1.807) is 16.2 Å². The van der Waals surface area contributed by atoms with Gasteiger partial charge in [-0.2, -0.15) is 0 Å². The Labute approximate surface area is 262 Å². The maximum Gasteiger partial charge on any atom is 0.329 e. The topological polar surface area (TPSA) is 156 Å². The summed E-state index contributed by atoms with van der Waals surface area (Å²) in [4.78, 5) is 57.2. The number of rotatable bonds is 16. The molecule has 242 valence electrons. The highest BCUT2D eigenvalue weighted by molar-refractivity contribution is 7.13. The van der Waals surface area contributed by atoms with Crippen molar-refractivity contribution in [2.45, 2.75) is 65.6 Å². The minimum absolute atomic E-state index is 0.136. The molecular formula is C31H44N4O8S. The monoisotopic (exact) mass is 632 g/mol. The number of carbonyl (C=O) groups excluding carboxylic acids is 3. The molecule has 12 nitrogen and oxygen atoms in total. The number of ether oxygens (including phenoxy) is 3. The molecular weight excluding hydrogens is 588 g/mol. The van der Waals surface area contributed by atoms with Gasteiger partial charge in [-0.3, -0.25) is 14.4 Å². The number of carboxylic acids is 1. The fourth-order valence-corrected chi connectivity index (χ4v) is 5.69. The zero-order valence-electron chi connectivity index (χ0n) is 26.1. The number of nitrogens with one attached hydrogen (secondary N) is 2. The molecule has 2 heterocycles. The minimum Gasteiger partial charge on any atom is -0.480 e. The Morgan fingerprint density at radius 3 is 2.25 bits per heavy atom. The van der Waals surface area contributed by atoms with Crippen molar-refractivity contribution in [3.05, 3.63) is 41.0 Å². The smallest absolute Gasteiger partial charge is 0.329 e. The van der Waals surface area contributed by atoms with Gasteiger partial charge in [-0.1, -0.05) is 45.0 Å². The number of thiazole rings is 1. The number of hydrogen-bond acceptors (Lipinski definition) is 9. The molecule has 0 spiro atoms. The molecule has 44 heavy (non-hydrogen) atoms. The second kappa shape index (κ2) is 16.6. The number of likely N-dealkylation sites (tertiary alicyclic amines) is 1. The van der Waals surface area contributed by atoms with Crippen molar-refractivity contribution in [1.82, 2.24) is 20.5 Å². The summed E-state index contributed by atoms with van der Waals surface area (Å²) in [5.41, 5.74) is 4.23. The van der Waals surface area contributed by atoms with Gasteiger partial charge in [0.05, 0.1) is 48.6 Å². The molecule has 3 rings (SSSR count). The molecule has 13 heteroatoms. The van der Waals surface area contributed by atoms with Gasteiger partial charge in [0.1, 0.15) is 25.3 Å². The van der Waals surface area contributed by atoms with E-state index in [-0.39, 0.29) is 50.9 Å². The molecule has 1 aliphatic rings. The number of carboxylic acid groups (broad SMARTS) is 1. The number of carbonyl (C=O) groups is 4. The Morgan fingerprint density at radius 1 is 1.02 bits per heavy atom. The molecule has 1 aliphatic heterocycles. The number of aryl methyl sites for hydroxylation is 1. The summed E-state index contributed by atoms with van der Waals surface area (Å²) < 4.78 is 15.5. The second-order valence-corrected chi connectivity index (χ2v) is 12.6. The summed E-state index contributed by atoms with van der Waals surface area (Å²) in [6.07, 6.45) is 1.24. The van der Waals surface area contributed by atoms with E-state index < -0.39 is 36.0 Å². The molecule has 0 aliphatic carbocycles. The summed E-state index contributed by atoms with van der Waals surface area (Å²) >= 11 is 1.59. The van der Waals surface area contributed by atoms with Crippen LogP contribution in [0.3, 0.4) is 0 Å². The van der Waals surface area contributed by atoms with Gasteiger partial charge in [0.25, 0.3) is 0 Å².